The molecule has 6 heteroatoms. The van der Waals surface area contributed by atoms with E-state index in [1.165, 1.54) is 16.3 Å². The van der Waals surface area contributed by atoms with Crippen molar-refractivity contribution in [3.05, 3.63) is 77.4 Å². The average molecular weight is 480 g/mol. The van der Waals surface area contributed by atoms with Gasteiger partial charge in [-0.1, -0.05) is 81.5 Å². The number of fused-ring (bicyclic) bond motifs is 1. The molecule has 2 aromatic carbocycles. The van der Waals surface area contributed by atoms with E-state index in [2.05, 4.69) is 80.0 Å². The van der Waals surface area contributed by atoms with Crippen molar-refractivity contribution in [3.8, 4) is 0 Å². The Morgan fingerprint density at radius 1 is 1.18 bits per heavy atom. The highest BCUT2D eigenvalue weighted by Crippen LogP contribution is 2.35. The van der Waals surface area contributed by atoms with Gasteiger partial charge in [0.05, 0.1) is 11.6 Å². The maximum Gasteiger partial charge on any atom is 0.247 e. The lowest BCUT2D eigenvalue weighted by Crippen LogP contribution is -2.37. The van der Waals surface area contributed by atoms with Crippen LogP contribution in [0.25, 0.3) is 10.8 Å². The lowest BCUT2D eigenvalue weighted by molar-refractivity contribution is -0.117. The van der Waals surface area contributed by atoms with Gasteiger partial charge in [0, 0.05) is 41.5 Å². The molecule has 0 radical (unpaired) electrons. The Labute approximate surface area is 207 Å². The molecule has 0 saturated carbocycles. The van der Waals surface area contributed by atoms with Crippen molar-refractivity contribution in [3.63, 3.8) is 0 Å². The Hall–Kier alpha value is -2.54. The lowest BCUT2D eigenvalue weighted by atomic mass is 9.89. The van der Waals surface area contributed by atoms with Gasteiger partial charge < -0.3 is 21.1 Å². The molecular weight excluding hydrogens is 442 g/mol. The monoisotopic (exact) mass is 479 g/mol. The zero-order chi connectivity index (χ0) is 24.7. The fourth-order valence-corrected chi connectivity index (χ4v) is 4.94. The number of allylic oxidation sites excluding steroid dienone is 2. The minimum atomic E-state index is -0.105. The molecule has 34 heavy (non-hydrogen) atoms. The van der Waals surface area contributed by atoms with Crippen LogP contribution in [0.15, 0.2) is 77.4 Å². The van der Waals surface area contributed by atoms with Crippen LogP contribution in [0.5, 0.6) is 0 Å². The second-order valence-electron chi connectivity index (χ2n) is 9.76. The number of thioether (sulfide) groups is 1. The molecule has 0 spiro atoms. The molecule has 0 heterocycles. The van der Waals surface area contributed by atoms with Gasteiger partial charge in [0.2, 0.25) is 5.91 Å². The fourth-order valence-electron chi connectivity index (χ4n) is 3.75. The third-order valence-corrected chi connectivity index (χ3v) is 7.27. The number of carbonyl (C=O) groups excluding carboxylic acids is 1. The van der Waals surface area contributed by atoms with Crippen molar-refractivity contribution in [1.82, 2.24) is 5.32 Å². The van der Waals surface area contributed by atoms with Gasteiger partial charge in [0.15, 0.2) is 0 Å². The van der Waals surface area contributed by atoms with E-state index in [4.69, 9.17) is 10.8 Å². The number of nitrogens with zero attached hydrogens (tertiary/aromatic N) is 1. The number of nitrogens with one attached hydrogen (secondary N) is 1. The van der Waals surface area contributed by atoms with Crippen LogP contribution in [-0.2, 0) is 4.79 Å². The SMILES string of the molecule is C=C(SCC(N)C(C)(C)C)N(CC1=CC=C(C(=O)NCCO)CC1)c1cccc2ccccc12. The van der Waals surface area contributed by atoms with Gasteiger partial charge >= 0.3 is 0 Å². The number of rotatable bonds is 10. The third-order valence-electron chi connectivity index (χ3n) is 6.19. The van der Waals surface area contributed by atoms with Crippen LogP contribution in [0.2, 0.25) is 0 Å². The fraction of sp³-hybridized carbons (Fsp3) is 0.393. The summed E-state index contributed by atoms with van der Waals surface area (Å²) in [7, 11) is 0. The second-order valence-corrected chi connectivity index (χ2v) is 10.9. The van der Waals surface area contributed by atoms with E-state index in [1.807, 2.05) is 12.2 Å². The van der Waals surface area contributed by atoms with Gasteiger partial charge in [0.25, 0.3) is 0 Å². The lowest BCUT2D eigenvalue weighted by Gasteiger charge is -2.32. The van der Waals surface area contributed by atoms with Gasteiger partial charge in [-0.3, -0.25) is 4.79 Å². The van der Waals surface area contributed by atoms with Crippen LogP contribution in [-0.4, -0.2) is 42.5 Å². The van der Waals surface area contributed by atoms with E-state index in [0.29, 0.717) is 13.0 Å². The first-order chi connectivity index (χ1) is 16.2. The Morgan fingerprint density at radius 2 is 1.91 bits per heavy atom. The van der Waals surface area contributed by atoms with Crippen LogP contribution in [0, 0.1) is 5.41 Å². The first-order valence-electron chi connectivity index (χ1n) is 11.8. The maximum atomic E-state index is 12.2. The molecule has 0 aliphatic heterocycles. The molecule has 1 atom stereocenters. The summed E-state index contributed by atoms with van der Waals surface area (Å²) in [5.74, 6) is 0.684. The maximum absolute atomic E-state index is 12.2. The molecule has 3 rings (SSSR count). The van der Waals surface area contributed by atoms with Crippen LogP contribution in [0.4, 0.5) is 5.69 Å². The van der Waals surface area contributed by atoms with Crippen molar-refractivity contribution < 1.29 is 9.90 Å². The third kappa shape index (κ3) is 6.75. The highest BCUT2D eigenvalue weighted by Gasteiger charge is 2.23. The van der Waals surface area contributed by atoms with Crippen LogP contribution in [0.1, 0.15) is 33.6 Å². The molecule has 1 amide bonds. The highest BCUT2D eigenvalue weighted by molar-refractivity contribution is 8.03. The number of amides is 1. The summed E-state index contributed by atoms with van der Waals surface area (Å²) in [4.78, 5) is 14.5. The standard InChI is InChI=1S/C28H37N3O2S/c1-20(34-19-26(29)28(2,3)4)31(25-11-7-9-22-8-5-6-10-24(22)25)18-21-12-14-23(15-13-21)27(33)30-16-17-32/h5-12,14,26,32H,1,13,15-19,29H2,2-4H3,(H,30,33). The van der Waals surface area contributed by atoms with Crippen molar-refractivity contribution in [1.29, 1.82) is 0 Å². The van der Waals surface area contributed by atoms with E-state index in [9.17, 15) is 4.79 Å². The van der Waals surface area contributed by atoms with Gasteiger partial charge in [-0.2, -0.15) is 0 Å². The smallest absolute Gasteiger partial charge is 0.247 e. The van der Waals surface area contributed by atoms with E-state index >= 15 is 0 Å². The van der Waals surface area contributed by atoms with E-state index in [-0.39, 0.29) is 30.5 Å². The highest BCUT2D eigenvalue weighted by atomic mass is 32.2. The number of aliphatic hydroxyl groups excluding tert-OH is 1. The number of benzene rings is 2. The molecule has 0 fully saturated rings. The van der Waals surface area contributed by atoms with E-state index in [1.54, 1.807) is 11.8 Å². The molecule has 0 aromatic heterocycles. The summed E-state index contributed by atoms with van der Waals surface area (Å²) in [6.45, 7) is 11.8. The predicted molar refractivity (Wildman–Crippen MR) is 146 cm³/mol. The molecule has 4 N–H and O–H groups in total. The molecule has 0 saturated heterocycles. The number of anilines is 1. The molecular formula is C28H37N3O2S. The van der Waals surface area contributed by atoms with E-state index < -0.39 is 0 Å². The summed E-state index contributed by atoms with van der Waals surface area (Å²) < 4.78 is 0. The number of hydrogen-bond acceptors (Lipinski definition) is 5. The number of aliphatic hydroxyl groups is 1. The van der Waals surface area contributed by atoms with Crippen LogP contribution < -0.4 is 16.0 Å². The summed E-state index contributed by atoms with van der Waals surface area (Å²) in [5, 5.41) is 15.0. The Kier molecular flexibility index (Phi) is 9.00. The Bertz CT molecular complexity index is 1080. The molecule has 0 bridgehead atoms. The first-order valence-corrected chi connectivity index (χ1v) is 12.8. The van der Waals surface area contributed by atoms with Gasteiger partial charge in [-0.05, 0) is 29.7 Å². The minimum Gasteiger partial charge on any atom is -0.395 e. The number of carbonyl (C=O) groups is 1. The number of hydrogen-bond donors (Lipinski definition) is 3. The van der Waals surface area contributed by atoms with Gasteiger partial charge in [-0.15, -0.1) is 11.8 Å². The van der Waals surface area contributed by atoms with Gasteiger partial charge in [-0.25, -0.2) is 0 Å². The largest absolute Gasteiger partial charge is 0.395 e. The Morgan fingerprint density at radius 3 is 2.59 bits per heavy atom. The van der Waals surface area contributed by atoms with Crippen molar-refractivity contribution in [2.75, 3.05) is 30.3 Å². The molecule has 1 aliphatic carbocycles. The van der Waals surface area contributed by atoms with Crippen LogP contribution in [0.3, 0.4) is 0 Å². The number of nitrogens with two attached hydrogens (primary N) is 1. The normalized spacial score (nSPS) is 14.9. The second kappa shape index (κ2) is 11.7. The predicted octanol–water partition coefficient (Wildman–Crippen LogP) is 4.98. The molecule has 5 nitrogen and oxygen atoms in total. The summed E-state index contributed by atoms with van der Waals surface area (Å²) in [6.07, 6.45) is 5.44. The minimum absolute atomic E-state index is 0.0290. The summed E-state index contributed by atoms with van der Waals surface area (Å²) in [5.41, 5.74) is 9.58. The van der Waals surface area contributed by atoms with Crippen LogP contribution >= 0.6 is 11.8 Å². The average Bonchev–Trinajstić information content (AvgIpc) is 2.83. The van der Waals surface area contributed by atoms with Gasteiger partial charge in [0.1, 0.15) is 0 Å². The summed E-state index contributed by atoms with van der Waals surface area (Å²) in [6, 6.07) is 14.8. The summed E-state index contributed by atoms with van der Waals surface area (Å²) >= 11 is 1.70. The topological polar surface area (TPSA) is 78.6 Å². The van der Waals surface area contributed by atoms with E-state index in [0.717, 1.165) is 28.5 Å². The molecule has 1 unspecified atom stereocenters. The van der Waals surface area contributed by atoms with Crippen molar-refractivity contribution in [2.45, 2.75) is 39.7 Å². The van der Waals surface area contributed by atoms with Crippen molar-refractivity contribution >= 4 is 34.1 Å². The zero-order valence-electron chi connectivity index (χ0n) is 20.5. The zero-order valence-corrected chi connectivity index (χ0v) is 21.3. The molecule has 2 aromatic rings. The molecule has 182 valence electrons. The van der Waals surface area contributed by atoms with Crippen molar-refractivity contribution in [2.24, 2.45) is 11.1 Å². The first kappa shape index (κ1) is 26.1. The molecule has 1 aliphatic rings. The Balaban J connectivity index is 1.85. The quantitative estimate of drug-likeness (QED) is 0.448.